The van der Waals surface area contributed by atoms with E-state index >= 15 is 0 Å². The molecule has 0 saturated carbocycles. The van der Waals surface area contributed by atoms with Gasteiger partial charge in [-0.2, -0.15) is 0 Å². The summed E-state index contributed by atoms with van der Waals surface area (Å²) < 4.78 is 27.5. The normalized spacial score (nSPS) is 48.8. The van der Waals surface area contributed by atoms with Gasteiger partial charge in [-0.1, -0.05) is 55.4 Å². The second-order valence-corrected chi connectivity index (χ2v) is 14.0. The molecule has 5 fully saturated rings. The summed E-state index contributed by atoms with van der Waals surface area (Å²) in [6, 6.07) is 0. The molecular weight excluding hydrogens is 400 g/mol. The molecule has 32 heavy (non-hydrogen) atoms. The van der Waals surface area contributed by atoms with E-state index in [9.17, 15) is 0 Å². The lowest BCUT2D eigenvalue weighted by Gasteiger charge is -2.43. The molecule has 8 atom stereocenters. The van der Waals surface area contributed by atoms with Crippen LogP contribution in [0.2, 0.25) is 0 Å². The lowest BCUT2D eigenvalue weighted by molar-refractivity contribution is -0.183. The van der Waals surface area contributed by atoms with Crippen molar-refractivity contribution in [1.29, 1.82) is 0 Å². The third-order valence-corrected chi connectivity index (χ3v) is 10.7. The van der Waals surface area contributed by atoms with E-state index in [4.69, 9.17) is 18.9 Å². The number of fused-ring (bicyclic) bond motifs is 8. The highest BCUT2D eigenvalue weighted by Crippen LogP contribution is 2.53. The molecule has 0 amide bonds. The van der Waals surface area contributed by atoms with Crippen molar-refractivity contribution >= 4 is 0 Å². The summed E-state index contributed by atoms with van der Waals surface area (Å²) in [6.45, 7) is 19.0. The molecule has 5 rings (SSSR count). The van der Waals surface area contributed by atoms with Crippen LogP contribution < -0.4 is 0 Å². The van der Waals surface area contributed by atoms with Crippen LogP contribution in [-0.4, -0.2) is 48.8 Å². The highest BCUT2D eigenvalue weighted by atomic mass is 16.5. The van der Waals surface area contributed by atoms with Crippen molar-refractivity contribution < 1.29 is 18.9 Å². The van der Waals surface area contributed by atoms with Crippen LogP contribution in [0.4, 0.5) is 0 Å². The Morgan fingerprint density at radius 3 is 0.562 bits per heavy atom. The van der Waals surface area contributed by atoms with Gasteiger partial charge in [0.1, 0.15) is 0 Å². The van der Waals surface area contributed by atoms with E-state index in [0.29, 0.717) is 0 Å². The molecule has 5 aliphatic heterocycles. The molecule has 0 spiro atoms. The van der Waals surface area contributed by atoms with Crippen LogP contribution in [0.3, 0.4) is 0 Å². The first kappa shape index (κ1) is 23.6. The van der Waals surface area contributed by atoms with Crippen molar-refractivity contribution in [3.8, 4) is 0 Å². The SMILES string of the molecule is CC1(C)[C@@H]2CC[C@@H](O2)C(C)(C)[C@@H]2CC[C@@H](O2)C(C)(C)[C@H]2CC[C@H](O2)C(C)(C)[C@H]2CC[C@@H]1O2. The number of hydrogen-bond acceptors (Lipinski definition) is 4. The molecule has 0 aromatic carbocycles. The first-order valence-corrected chi connectivity index (χ1v) is 13.5. The van der Waals surface area contributed by atoms with Gasteiger partial charge in [-0.15, -0.1) is 0 Å². The van der Waals surface area contributed by atoms with Crippen molar-refractivity contribution in [3.05, 3.63) is 0 Å². The summed E-state index contributed by atoms with van der Waals surface area (Å²) in [6.07, 6.45) is 11.1. The third-order valence-electron chi connectivity index (χ3n) is 10.7. The van der Waals surface area contributed by atoms with E-state index in [-0.39, 0.29) is 70.5 Å². The van der Waals surface area contributed by atoms with Crippen LogP contribution in [0.25, 0.3) is 0 Å². The van der Waals surface area contributed by atoms with Gasteiger partial charge in [0.2, 0.25) is 0 Å². The average molecular weight is 449 g/mol. The van der Waals surface area contributed by atoms with Gasteiger partial charge in [0.15, 0.2) is 0 Å². The molecule has 0 aromatic rings. The largest absolute Gasteiger partial charge is 0.374 e. The molecule has 4 nitrogen and oxygen atoms in total. The molecule has 5 heterocycles. The van der Waals surface area contributed by atoms with Gasteiger partial charge in [-0.3, -0.25) is 0 Å². The van der Waals surface area contributed by atoms with Gasteiger partial charge in [-0.25, -0.2) is 0 Å². The summed E-state index contributed by atoms with van der Waals surface area (Å²) >= 11 is 0. The maximum absolute atomic E-state index is 6.87. The Balaban J connectivity index is 1.48. The first-order chi connectivity index (χ1) is 14.8. The predicted octanol–water partition coefficient (Wildman–Crippen LogP) is 6.30. The van der Waals surface area contributed by atoms with Crippen molar-refractivity contribution in [2.24, 2.45) is 21.7 Å². The van der Waals surface area contributed by atoms with E-state index in [2.05, 4.69) is 55.4 Å². The van der Waals surface area contributed by atoms with Gasteiger partial charge in [-0.05, 0) is 51.4 Å². The highest BCUT2D eigenvalue weighted by molar-refractivity contribution is 5.04. The smallest absolute Gasteiger partial charge is 0.0655 e. The van der Waals surface area contributed by atoms with E-state index in [1.54, 1.807) is 0 Å². The molecule has 0 unspecified atom stereocenters. The monoisotopic (exact) mass is 448 g/mol. The van der Waals surface area contributed by atoms with E-state index in [1.807, 2.05) is 0 Å². The zero-order chi connectivity index (χ0) is 23.1. The van der Waals surface area contributed by atoms with E-state index in [1.165, 1.54) is 0 Å². The summed E-state index contributed by atoms with van der Waals surface area (Å²) in [5.41, 5.74) is 0.0828. The maximum atomic E-state index is 6.87. The summed E-state index contributed by atoms with van der Waals surface area (Å²) in [5.74, 6) is 0. The molecule has 0 aliphatic carbocycles. The Bertz CT molecular complexity index is 542. The topological polar surface area (TPSA) is 36.9 Å². The summed E-state index contributed by atoms with van der Waals surface area (Å²) in [4.78, 5) is 0. The lowest BCUT2D eigenvalue weighted by atomic mass is 9.76. The zero-order valence-corrected chi connectivity index (χ0v) is 21.9. The van der Waals surface area contributed by atoms with Crippen LogP contribution >= 0.6 is 0 Å². The number of hydrogen-bond donors (Lipinski definition) is 0. The summed E-state index contributed by atoms with van der Waals surface area (Å²) in [7, 11) is 0. The van der Waals surface area contributed by atoms with Crippen molar-refractivity contribution in [1.82, 2.24) is 0 Å². The zero-order valence-electron chi connectivity index (χ0n) is 21.9. The molecule has 184 valence electrons. The molecule has 0 aromatic heterocycles. The molecule has 0 radical (unpaired) electrons. The Kier molecular flexibility index (Phi) is 5.65. The van der Waals surface area contributed by atoms with Gasteiger partial charge < -0.3 is 18.9 Å². The second kappa shape index (κ2) is 7.67. The fourth-order valence-corrected chi connectivity index (χ4v) is 7.76. The van der Waals surface area contributed by atoms with Crippen LogP contribution in [0, 0.1) is 21.7 Å². The van der Waals surface area contributed by atoms with Gasteiger partial charge in [0.25, 0.3) is 0 Å². The van der Waals surface area contributed by atoms with Crippen molar-refractivity contribution in [2.45, 2.75) is 156 Å². The standard InChI is InChI=1S/C28H48O4/c1-25(2)17-9-11-19(29-17)26(3,4)21-13-15-23(31-21)28(7,8)24-16-14-22(32-24)27(5,6)20-12-10-18(25)30-20/h17-24H,9-16H2,1-8H3/t17-,18-,19+,20+,21-,22-,23+,24+. The molecule has 5 aliphatic rings. The minimum absolute atomic E-state index is 0.0207. The molecule has 4 heteroatoms. The van der Waals surface area contributed by atoms with Gasteiger partial charge in [0, 0.05) is 21.7 Å². The fraction of sp³-hybridized carbons (Fsp3) is 1.00. The van der Waals surface area contributed by atoms with E-state index in [0.717, 1.165) is 51.4 Å². The average Bonchev–Trinajstić information content (AvgIpc) is 3.53. The summed E-state index contributed by atoms with van der Waals surface area (Å²) in [5, 5.41) is 0. The first-order valence-electron chi connectivity index (χ1n) is 13.5. The molecule has 0 N–H and O–H groups in total. The van der Waals surface area contributed by atoms with Crippen LogP contribution in [0.15, 0.2) is 0 Å². The Hall–Kier alpha value is -0.160. The number of ether oxygens (including phenoxy) is 4. The lowest BCUT2D eigenvalue weighted by Crippen LogP contribution is -2.48. The number of rotatable bonds is 0. The quantitative estimate of drug-likeness (QED) is 0.436. The Morgan fingerprint density at radius 2 is 0.438 bits per heavy atom. The van der Waals surface area contributed by atoms with Crippen LogP contribution in [0.5, 0.6) is 0 Å². The molecular formula is C28H48O4. The van der Waals surface area contributed by atoms with Crippen LogP contribution in [0.1, 0.15) is 107 Å². The Labute approximate surface area is 196 Å². The maximum Gasteiger partial charge on any atom is 0.0655 e. The third kappa shape index (κ3) is 3.53. The minimum atomic E-state index is 0.0207. The van der Waals surface area contributed by atoms with Gasteiger partial charge in [0.05, 0.1) is 48.8 Å². The minimum Gasteiger partial charge on any atom is -0.374 e. The molecule has 8 bridgehead atoms. The van der Waals surface area contributed by atoms with Gasteiger partial charge >= 0.3 is 0 Å². The van der Waals surface area contributed by atoms with Crippen molar-refractivity contribution in [3.63, 3.8) is 0 Å². The van der Waals surface area contributed by atoms with Crippen LogP contribution in [-0.2, 0) is 18.9 Å². The van der Waals surface area contributed by atoms with E-state index < -0.39 is 0 Å². The molecule has 5 saturated heterocycles. The van der Waals surface area contributed by atoms with Crippen molar-refractivity contribution in [2.75, 3.05) is 0 Å². The predicted molar refractivity (Wildman–Crippen MR) is 127 cm³/mol. The Morgan fingerprint density at radius 1 is 0.312 bits per heavy atom. The second-order valence-electron chi connectivity index (χ2n) is 14.0. The highest BCUT2D eigenvalue weighted by Gasteiger charge is 2.56. The fourth-order valence-electron chi connectivity index (χ4n) is 7.76.